The number of hydrogen-bond acceptors (Lipinski definition) is 3. The van der Waals surface area contributed by atoms with E-state index in [-0.39, 0.29) is 10.7 Å². The maximum atomic E-state index is 12.4. The van der Waals surface area contributed by atoms with Crippen LogP contribution in [-0.2, 0) is 16.4 Å². The van der Waals surface area contributed by atoms with Crippen molar-refractivity contribution in [1.29, 1.82) is 0 Å². The van der Waals surface area contributed by atoms with E-state index in [1.54, 1.807) is 61.5 Å². The van der Waals surface area contributed by atoms with Crippen molar-refractivity contribution in [2.45, 2.75) is 24.3 Å². The Hall–Kier alpha value is -1.50. The van der Waals surface area contributed by atoms with Crippen LogP contribution in [0.1, 0.15) is 22.8 Å². The van der Waals surface area contributed by atoms with Crippen molar-refractivity contribution in [2.75, 3.05) is 5.33 Å². The number of alkyl halides is 1. The van der Waals surface area contributed by atoms with Crippen LogP contribution in [0.2, 0.25) is 0 Å². The minimum absolute atomic E-state index is 0.156. The fraction of sp³-hybridized carbons (Fsp3) is 0.235. The zero-order valence-electron chi connectivity index (χ0n) is 12.7. The van der Waals surface area contributed by atoms with E-state index in [1.807, 2.05) is 0 Å². The first-order valence-electron chi connectivity index (χ1n) is 7.20. The fourth-order valence-electron chi connectivity index (χ4n) is 2.15. The Morgan fingerprint density at radius 3 is 2.26 bits per heavy atom. The van der Waals surface area contributed by atoms with E-state index in [1.165, 1.54) is 0 Å². The number of rotatable bonds is 7. The number of Topliss-reactive ketones (excluding diaryl/α,β-unsaturated/α-hetero) is 1. The van der Waals surface area contributed by atoms with Gasteiger partial charge in [0, 0.05) is 10.9 Å². The van der Waals surface area contributed by atoms with E-state index in [9.17, 15) is 13.2 Å². The first kappa shape index (κ1) is 17.8. The number of nitrogens with one attached hydrogen (secondary N) is 1. The summed E-state index contributed by atoms with van der Waals surface area (Å²) in [7, 11) is -3.73. The first-order chi connectivity index (χ1) is 10.9. The normalized spacial score (nSPS) is 12.8. The number of aryl methyl sites for hydroxylation is 1. The predicted octanol–water partition coefficient (Wildman–Crippen LogP) is 3.17. The molecule has 0 radical (unpaired) electrons. The van der Waals surface area contributed by atoms with E-state index in [0.717, 1.165) is 17.3 Å². The van der Waals surface area contributed by atoms with Gasteiger partial charge in [-0.05, 0) is 31.0 Å². The summed E-state index contributed by atoms with van der Waals surface area (Å²) in [6.45, 7) is 1.55. The maximum absolute atomic E-state index is 12.4. The molecule has 0 spiro atoms. The highest BCUT2D eigenvalue weighted by Crippen LogP contribution is 2.13. The number of carbonyl (C=O) groups is 1. The van der Waals surface area contributed by atoms with Crippen LogP contribution in [0.25, 0.3) is 0 Å². The summed E-state index contributed by atoms with van der Waals surface area (Å²) in [5.74, 6) is -0.259. The molecule has 1 unspecified atom stereocenters. The summed E-state index contributed by atoms with van der Waals surface area (Å²) < 4.78 is 27.2. The molecule has 122 valence electrons. The van der Waals surface area contributed by atoms with Gasteiger partial charge in [-0.2, -0.15) is 0 Å². The van der Waals surface area contributed by atoms with Crippen LogP contribution >= 0.6 is 15.9 Å². The van der Waals surface area contributed by atoms with Gasteiger partial charge in [-0.1, -0.05) is 58.4 Å². The fourth-order valence-corrected chi connectivity index (χ4v) is 3.81. The molecule has 0 heterocycles. The minimum atomic E-state index is -3.73. The average molecular weight is 396 g/mol. The Kier molecular flexibility index (Phi) is 6.10. The van der Waals surface area contributed by atoms with Crippen molar-refractivity contribution >= 4 is 31.7 Å². The molecule has 0 aliphatic heterocycles. The number of carbonyl (C=O) groups excluding carboxylic acids is 1. The Morgan fingerprint density at radius 1 is 1.09 bits per heavy atom. The van der Waals surface area contributed by atoms with Gasteiger partial charge in [0.15, 0.2) is 5.78 Å². The SMILES string of the molecule is CC(NS(=O)(=O)c1ccc(CCBr)cc1)C(=O)c1ccccc1. The summed E-state index contributed by atoms with van der Waals surface area (Å²) in [6, 6.07) is 14.5. The lowest BCUT2D eigenvalue weighted by Gasteiger charge is -2.13. The van der Waals surface area contributed by atoms with Gasteiger partial charge in [0.05, 0.1) is 10.9 Å². The quantitative estimate of drug-likeness (QED) is 0.578. The minimum Gasteiger partial charge on any atom is -0.292 e. The highest BCUT2D eigenvalue weighted by Gasteiger charge is 2.22. The molecule has 0 saturated carbocycles. The van der Waals surface area contributed by atoms with E-state index in [4.69, 9.17) is 0 Å². The molecule has 0 bridgehead atoms. The largest absolute Gasteiger partial charge is 0.292 e. The Balaban J connectivity index is 2.12. The van der Waals surface area contributed by atoms with Gasteiger partial charge in [-0.25, -0.2) is 13.1 Å². The molecule has 6 heteroatoms. The number of halogens is 1. The summed E-state index contributed by atoms with van der Waals surface area (Å²) in [4.78, 5) is 12.4. The molecule has 2 aromatic carbocycles. The van der Waals surface area contributed by atoms with Crippen molar-refractivity contribution in [3.05, 3.63) is 65.7 Å². The van der Waals surface area contributed by atoms with Crippen LogP contribution in [-0.4, -0.2) is 25.6 Å². The summed E-state index contributed by atoms with van der Waals surface area (Å²) in [6.07, 6.45) is 0.830. The molecule has 0 fully saturated rings. The highest BCUT2D eigenvalue weighted by atomic mass is 79.9. The first-order valence-corrected chi connectivity index (χ1v) is 9.81. The van der Waals surface area contributed by atoms with Crippen LogP contribution < -0.4 is 4.72 Å². The number of ketones is 1. The van der Waals surface area contributed by atoms with E-state index >= 15 is 0 Å². The third-order valence-corrected chi connectivity index (χ3v) is 5.35. The van der Waals surface area contributed by atoms with Crippen LogP contribution in [0.3, 0.4) is 0 Å². The molecule has 0 aromatic heterocycles. The molecule has 23 heavy (non-hydrogen) atoms. The van der Waals surface area contributed by atoms with Gasteiger partial charge >= 0.3 is 0 Å². The Morgan fingerprint density at radius 2 is 1.70 bits per heavy atom. The summed E-state index contributed by atoms with van der Waals surface area (Å²) in [5.41, 5.74) is 1.53. The summed E-state index contributed by atoms with van der Waals surface area (Å²) in [5, 5.41) is 0.819. The molecule has 1 atom stereocenters. The maximum Gasteiger partial charge on any atom is 0.241 e. The Labute approximate surface area is 145 Å². The van der Waals surface area contributed by atoms with Crippen LogP contribution in [0.4, 0.5) is 0 Å². The monoisotopic (exact) mass is 395 g/mol. The lowest BCUT2D eigenvalue weighted by Crippen LogP contribution is -2.38. The zero-order chi connectivity index (χ0) is 16.9. The van der Waals surface area contributed by atoms with Gasteiger partial charge in [0.2, 0.25) is 10.0 Å². The van der Waals surface area contributed by atoms with Gasteiger partial charge < -0.3 is 0 Å². The smallest absolute Gasteiger partial charge is 0.241 e. The van der Waals surface area contributed by atoms with Gasteiger partial charge in [0.1, 0.15) is 0 Å². The molecule has 0 amide bonds. The van der Waals surface area contributed by atoms with Crippen molar-refractivity contribution in [3.63, 3.8) is 0 Å². The van der Waals surface area contributed by atoms with Gasteiger partial charge in [0.25, 0.3) is 0 Å². The van der Waals surface area contributed by atoms with Crippen molar-refractivity contribution in [3.8, 4) is 0 Å². The molecule has 2 aromatic rings. The zero-order valence-corrected chi connectivity index (χ0v) is 15.1. The third kappa shape index (κ3) is 4.73. The second kappa shape index (κ2) is 7.86. The van der Waals surface area contributed by atoms with Crippen LogP contribution in [0.15, 0.2) is 59.5 Å². The second-order valence-corrected chi connectivity index (χ2v) is 7.66. The molecular weight excluding hydrogens is 378 g/mol. The molecular formula is C17H18BrNO3S. The Bertz CT molecular complexity index is 758. The third-order valence-electron chi connectivity index (χ3n) is 3.40. The van der Waals surface area contributed by atoms with Crippen LogP contribution in [0, 0.1) is 0 Å². The number of sulfonamides is 1. The molecule has 0 aliphatic carbocycles. The van der Waals surface area contributed by atoms with E-state index < -0.39 is 16.1 Å². The second-order valence-electron chi connectivity index (χ2n) is 5.16. The number of hydrogen-bond donors (Lipinski definition) is 1. The van der Waals surface area contributed by atoms with Crippen molar-refractivity contribution in [1.82, 2.24) is 4.72 Å². The molecule has 4 nitrogen and oxygen atoms in total. The van der Waals surface area contributed by atoms with Crippen molar-refractivity contribution in [2.24, 2.45) is 0 Å². The lowest BCUT2D eigenvalue weighted by atomic mass is 10.1. The van der Waals surface area contributed by atoms with Crippen LogP contribution in [0.5, 0.6) is 0 Å². The van der Waals surface area contributed by atoms with Gasteiger partial charge in [-0.15, -0.1) is 0 Å². The highest BCUT2D eigenvalue weighted by molar-refractivity contribution is 9.09. The molecule has 0 saturated heterocycles. The standard InChI is InChI=1S/C17H18BrNO3S/c1-13(17(20)15-5-3-2-4-6-15)19-23(21,22)16-9-7-14(8-10-16)11-12-18/h2-10,13,19H,11-12H2,1H3. The molecule has 0 aliphatic rings. The van der Waals surface area contributed by atoms with E-state index in [0.29, 0.717) is 5.56 Å². The lowest BCUT2D eigenvalue weighted by molar-refractivity contribution is 0.0961. The van der Waals surface area contributed by atoms with Crippen molar-refractivity contribution < 1.29 is 13.2 Å². The topological polar surface area (TPSA) is 63.2 Å². The predicted molar refractivity (Wildman–Crippen MR) is 94.5 cm³/mol. The van der Waals surface area contributed by atoms with E-state index in [2.05, 4.69) is 20.7 Å². The molecule has 2 rings (SSSR count). The van der Waals surface area contributed by atoms with Gasteiger partial charge in [-0.3, -0.25) is 4.79 Å². The average Bonchev–Trinajstić information content (AvgIpc) is 2.55. The molecule has 1 N–H and O–H groups in total. The summed E-state index contributed by atoms with van der Waals surface area (Å²) >= 11 is 3.35. The number of benzene rings is 2.